The summed E-state index contributed by atoms with van der Waals surface area (Å²) >= 11 is 0. The second kappa shape index (κ2) is 24.2. The van der Waals surface area contributed by atoms with Gasteiger partial charge in [0.25, 0.3) is 0 Å². The van der Waals surface area contributed by atoms with Crippen molar-refractivity contribution in [3.8, 4) is 0 Å². The summed E-state index contributed by atoms with van der Waals surface area (Å²) in [7, 11) is 0. The van der Waals surface area contributed by atoms with Gasteiger partial charge in [0.05, 0.1) is 0 Å². The molecule has 0 nitrogen and oxygen atoms in total. The van der Waals surface area contributed by atoms with Crippen LogP contribution in [0.3, 0.4) is 0 Å². The van der Waals surface area contributed by atoms with Gasteiger partial charge in [-0.05, 0) is 0 Å². The summed E-state index contributed by atoms with van der Waals surface area (Å²) in [5.41, 5.74) is 0. The minimum absolute atomic E-state index is 0. The minimum atomic E-state index is 0. The minimum Gasteiger partial charge on any atom is -1.00 e. The van der Waals surface area contributed by atoms with Crippen molar-refractivity contribution in [2.24, 2.45) is 0 Å². The Morgan fingerprint density at radius 3 is 1.00 bits per heavy atom. The third-order valence-corrected chi connectivity index (χ3v) is 0. The van der Waals surface area contributed by atoms with Crippen molar-refractivity contribution < 1.29 is 131 Å². The van der Waals surface area contributed by atoms with E-state index in [9.17, 15) is 0 Å². The van der Waals surface area contributed by atoms with Crippen molar-refractivity contribution in [2.75, 3.05) is 0 Å². The Hall–Kier alpha value is 4.12. The molecule has 0 aliphatic carbocycles. The van der Waals surface area contributed by atoms with E-state index in [0.717, 1.165) is 0 Å². The van der Waals surface area contributed by atoms with Gasteiger partial charge in [-0.3, -0.25) is 0 Å². The molecule has 5 heteroatoms. The number of hydrogen-bond acceptors (Lipinski definition) is 0. The van der Waals surface area contributed by atoms with E-state index in [2.05, 4.69) is 0 Å². The molecule has 0 fully saturated rings. The van der Waals surface area contributed by atoms with E-state index in [1.165, 1.54) is 0 Å². The van der Waals surface area contributed by atoms with Crippen LogP contribution in [0.2, 0.25) is 0 Å². The first-order valence-electron chi connectivity index (χ1n) is 0. The first-order chi connectivity index (χ1) is 0. The Bertz CT molecular complexity index is 11.6. The Labute approximate surface area is 127 Å². The summed E-state index contributed by atoms with van der Waals surface area (Å²) in [6.45, 7) is 0. The molecule has 0 saturated heterocycles. The molecule has 5 heavy (non-hydrogen) atoms. The third-order valence-electron chi connectivity index (χ3n) is 0. The summed E-state index contributed by atoms with van der Waals surface area (Å²) in [4.78, 5) is 0. The number of halogens is 1. The van der Waals surface area contributed by atoms with Crippen LogP contribution in [0.1, 0.15) is 0 Å². The smallest absolute Gasteiger partial charge is 1.00 e. The zero-order valence-electron chi connectivity index (χ0n) is 2.53. The SMILES string of the molecule is [F-].[Ho+3].[Li+].[Tm+3].[Y+3]. The van der Waals surface area contributed by atoms with Crippen LogP contribution in [0.4, 0.5) is 0 Å². The van der Waals surface area contributed by atoms with Gasteiger partial charge in [-0.15, -0.1) is 0 Å². The molecule has 0 aromatic rings. The molecule has 0 N–H and O–H groups in total. The molecule has 0 unspecified atom stereocenters. The predicted octanol–water partition coefficient (Wildman–Crippen LogP) is -5.99. The van der Waals surface area contributed by atoms with E-state index < -0.39 is 0 Å². The third kappa shape index (κ3) is 17.9. The largest absolute Gasteiger partial charge is 3.00 e. The standard InChI is InChI=1S/FH.Ho.Li.Tm.Y/h1H;;;;/q;+3;+1;2*+3/p-1. The quantitative estimate of drug-likeness (QED) is 0.324. The van der Waals surface area contributed by atoms with Crippen molar-refractivity contribution in [1.29, 1.82) is 0 Å². The molecule has 26 valence electrons. The maximum absolute atomic E-state index is 0. The molecular weight excluding hydrogens is 449 g/mol. The molecule has 0 aliphatic heterocycles. The van der Waals surface area contributed by atoms with E-state index in [1.54, 1.807) is 0 Å². The Balaban J connectivity index is 0. The van der Waals surface area contributed by atoms with Crippen LogP contribution in [0.25, 0.3) is 0 Å². The average Bonchev–Trinajstić information content (AvgIpc) is 0. The summed E-state index contributed by atoms with van der Waals surface area (Å²) in [6.07, 6.45) is 0. The van der Waals surface area contributed by atoms with Crippen molar-refractivity contribution in [2.45, 2.75) is 0 Å². The fourth-order valence-corrected chi connectivity index (χ4v) is 0. The van der Waals surface area contributed by atoms with Gasteiger partial charge in [0.1, 0.15) is 0 Å². The van der Waals surface area contributed by atoms with E-state index in [1.807, 2.05) is 0 Å². The van der Waals surface area contributed by atoms with Gasteiger partial charge in [-0.2, -0.15) is 0 Å². The van der Waals surface area contributed by atoms with E-state index in [4.69, 9.17) is 0 Å². The molecule has 0 saturated carbocycles. The molecule has 0 aromatic heterocycles. The summed E-state index contributed by atoms with van der Waals surface area (Å²) in [6, 6.07) is 0. The summed E-state index contributed by atoms with van der Waals surface area (Å²) in [5, 5.41) is 0. The molecule has 0 heterocycles. The summed E-state index contributed by atoms with van der Waals surface area (Å²) in [5.74, 6) is 0. The molecule has 0 rings (SSSR count). The Morgan fingerprint density at radius 2 is 1.00 bits per heavy atom. The number of rotatable bonds is 0. The average molecular weight is 449 g/mol. The van der Waals surface area contributed by atoms with Crippen molar-refractivity contribution in [3.05, 3.63) is 0 Å². The van der Waals surface area contributed by atoms with Gasteiger partial charge in [-0.1, -0.05) is 0 Å². The Morgan fingerprint density at radius 1 is 1.00 bits per heavy atom. The van der Waals surface area contributed by atoms with Crippen LogP contribution in [-0.4, -0.2) is 0 Å². The van der Waals surface area contributed by atoms with Crippen LogP contribution in [0.5, 0.6) is 0 Å². The molecule has 0 amide bonds. The van der Waals surface area contributed by atoms with E-state index in [0.29, 0.717) is 0 Å². The van der Waals surface area contributed by atoms with Crippen LogP contribution in [-0.2, 0) is 32.7 Å². The van der Waals surface area contributed by atoms with Gasteiger partial charge in [0.15, 0.2) is 0 Å². The zero-order chi connectivity index (χ0) is 0. The molecule has 0 spiro atoms. The maximum atomic E-state index is 0. The van der Waals surface area contributed by atoms with Crippen molar-refractivity contribution in [3.63, 3.8) is 0 Å². The molecular formula is FHoLiTmY+9. The number of hydrogen-bond donors (Lipinski definition) is 0. The van der Waals surface area contributed by atoms with Gasteiger partial charge in [-0.25, -0.2) is 0 Å². The van der Waals surface area contributed by atoms with Crippen molar-refractivity contribution >= 4 is 0 Å². The van der Waals surface area contributed by atoms with Gasteiger partial charge >= 0.3 is 126 Å². The van der Waals surface area contributed by atoms with Gasteiger partial charge < -0.3 is 4.70 Å². The zero-order valence-corrected chi connectivity index (χ0v) is 9.09. The van der Waals surface area contributed by atoms with E-state index in [-0.39, 0.29) is 131 Å². The Kier molecular flexibility index (Phi) is 172. The maximum Gasteiger partial charge on any atom is 3.00 e. The monoisotopic (exact) mass is 449 g/mol. The summed E-state index contributed by atoms with van der Waals surface area (Å²) < 4.78 is 0. The molecule has 0 aromatic carbocycles. The van der Waals surface area contributed by atoms with E-state index >= 15 is 0 Å². The van der Waals surface area contributed by atoms with Crippen molar-refractivity contribution in [1.82, 2.24) is 0 Å². The predicted molar refractivity (Wildman–Crippen MR) is 0 cm³/mol. The van der Waals surface area contributed by atoms with Gasteiger partial charge in [0, 0.05) is 0 Å². The molecule has 0 aliphatic rings. The fraction of sp³-hybridized carbons (Fsp3) is 0. The first-order valence-corrected chi connectivity index (χ1v) is 0. The fourth-order valence-electron chi connectivity index (χ4n) is 0. The van der Waals surface area contributed by atoms with Gasteiger partial charge in [0.2, 0.25) is 0 Å². The molecule has 0 bridgehead atoms. The van der Waals surface area contributed by atoms with Crippen LogP contribution >= 0.6 is 0 Å². The topological polar surface area (TPSA) is 0 Å². The van der Waals surface area contributed by atoms with Crippen LogP contribution in [0, 0.1) is 74.6 Å². The van der Waals surface area contributed by atoms with Crippen LogP contribution in [0.15, 0.2) is 0 Å². The second-order valence-electron chi connectivity index (χ2n) is 0. The van der Waals surface area contributed by atoms with Crippen LogP contribution < -0.4 is 23.6 Å². The first kappa shape index (κ1) is 35.4. The molecule has 0 radical (unpaired) electrons. The molecule has 0 atom stereocenters. The normalized spacial score (nSPS) is 0. The second-order valence-corrected chi connectivity index (χ2v) is 0.